The molecule has 53 atom stereocenters. The van der Waals surface area contributed by atoms with Crippen molar-refractivity contribution >= 4 is 0 Å². The molecule has 9 heterocycles. The van der Waals surface area contributed by atoms with Gasteiger partial charge < -0.3 is 260 Å². The molecule has 52 nitrogen and oxygen atoms in total. The van der Waals surface area contributed by atoms with Crippen LogP contribution in [0.5, 0.6) is 0 Å². The van der Waals surface area contributed by atoms with Gasteiger partial charge in [-0.3, -0.25) is 0 Å². The van der Waals surface area contributed by atoms with E-state index in [1.807, 2.05) is 0 Å². The zero-order valence-electron chi connectivity index (χ0n) is 63.8. The lowest BCUT2D eigenvalue weighted by Gasteiger charge is -2.49. The highest BCUT2D eigenvalue weighted by Crippen LogP contribution is 2.41. The van der Waals surface area contributed by atoms with E-state index in [1.54, 1.807) is 0 Å². The van der Waals surface area contributed by atoms with Crippen molar-refractivity contribution in [1.29, 1.82) is 0 Å². The number of aliphatic hydroxyl groups excluding tert-OH is 33. The molecule has 0 aromatic carbocycles. The molecule has 0 bridgehead atoms. The molecule has 11 rings (SSSR count). The van der Waals surface area contributed by atoms with Crippen LogP contribution in [0.1, 0.15) is 13.8 Å². The highest BCUT2D eigenvalue weighted by molar-refractivity contribution is 5.25. The average Bonchev–Trinajstić information content (AvgIpc) is 0.776. The van der Waals surface area contributed by atoms with Crippen molar-refractivity contribution in [1.82, 2.24) is 10.6 Å². The van der Waals surface area contributed by atoms with Crippen LogP contribution in [0.4, 0.5) is 0 Å². The van der Waals surface area contributed by atoms with Crippen molar-refractivity contribution in [2.45, 2.75) is 339 Å². The van der Waals surface area contributed by atoms with E-state index in [1.165, 1.54) is 13.8 Å². The average molecular weight is 1760 g/mol. The van der Waals surface area contributed by atoms with Crippen LogP contribution >= 0.6 is 0 Å². The molecular formula is C68H114N2O50. The Balaban J connectivity index is 0.651. The van der Waals surface area contributed by atoms with Crippen LogP contribution in [-0.4, -0.2) is 553 Å². The standard InChI is InChI=1S/C68H114N2O50/c1-14-27(69-19-4-17(6-72)54(38(89)30(19)81)114-64-49(100)40(91)57(24(11-77)109-64)117-62-46(97)35(86)31(82)20(7-73)106-62)33(84)44(95)60(104-14)115-55-22(9-75)108-63(48(99)39(55)90)113-53-16(5-71)3-18(29(80)37(53)88)70-28-15(2)105-61(45(96)34(28)85)116-56-23(10-76)110-65(50(101)41(56)92)118-58-25(12-78)111-66(51(102)42(58)93)119-59-26(13-79)112-68(52(103)43(59)94)120-67-47(98)36(87)32(83)21(8-74)107-67/h3-4,14-15,18-103H,5-13H2,1-2H3/t14-,15-,18+,19+,20-,21-,22-,23-,24-,25-,26-,27-,28-,29+,30+,31-,32-,33+,34+,35+,36+,37-,38-,39-,40-,41-,42-,43-,44-,45-,46-,47-,48-,49-,50-,51-,52-,53-,54-,55-,56-,57-,58-,59-,60-,61-,62-,63-,64-,65-,66-,67-,68-/m1/s1. The minimum Gasteiger partial charge on any atom is -0.394 e. The van der Waals surface area contributed by atoms with Crippen LogP contribution in [0, 0.1) is 0 Å². The van der Waals surface area contributed by atoms with Crippen LogP contribution in [0.15, 0.2) is 23.3 Å². The van der Waals surface area contributed by atoms with Crippen molar-refractivity contribution in [3.05, 3.63) is 23.3 Å². The number of nitrogens with one attached hydrogen (secondary N) is 2. The molecule has 35 N–H and O–H groups in total. The van der Waals surface area contributed by atoms with Crippen LogP contribution in [0.3, 0.4) is 0 Å². The third-order valence-corrected chi connectivity index (χ3v) is 23.5. The second kappa shape index (κ2) is 41.9. The van der Waals surface area contributed by atoms with Gasteiger partial charge in [0.2, 0.25) is 0 Å². The van der Waals surface area contributed by atoms with Gasteiger partial charge in [0.1, 0.15) is 232 Å². The fourth-order valence-corrected chi connectivity index (χ4v) is 16.4. The van der Waals surface area contributed by atoms with Crippen molar-refractivity contribution in [2.75, 3.05) is 59.5 Å². The van der Waals surface area contributed by atoms with Crippen molar-refractivity contribution < 1.29 is 249 Å². The molecule has 0 spiro atoms. The molecule has 2 aliphatic carbocycles. The SMILES string of the molecule is C[C@H]1O[C@H](O[C@H]2[C@H](O)[C@@H](O)[C@@H](O[C@H]3[C@H](O)[C@@H](O)[C@@H](O[C@H]4[C@H](O)[C@@H](O)[C@@H](O[C@H]5O[C@H](CO)[C@@H](O)[C@H](O)[C@H]5O)O[C@@H]4CO)O[C@@H]3CO)O[C@@H]2CO)[C@H](O)[C@@H](O)[C@@H]1N[C@H]1C=C(CO)[C@@H](O[C@H]2O[C@H](CO)[C@@H](O[C@H]3O[C@H](C)[C@@H](N[C@H]4C=C(CO)[C@@H](O[C@H]5O[C@H](CO)[C@@H](O[C@H]6O[C@H](CO)[C@@H](O)[C@H](O)[C@H]6O)[C@H](O)[C@H]5O)[C@H](O)[C@H]4O)[C@H](O)[C@H]3O)[C@H](O)[C@H]2O)[C@H](O)[C@H]1O. The fraction of sp³-hybridized carbons (Fsp3) is 0.941. The van der Waals surface area contributed by atoms with Gasteiger partial charge in [0, 0.05) is 0 Å². The summed E-state index contributed by atoms with van der Waals surface area (Å²) in [7, 11) is 0. The molecule has 120 heavy (non-hydrogen) atoms. The molecule has 52 heteroatoms. The maximum atomic E-state index is 11.6. The third-order valence-electron chi connectivity index (χ3n) is 23.5. The molecule has 0 unspecified atom stereocenters. The summed E-state index contributed by atoms with van der Waals surface area (Å²) < 4.78 is 96.5. The lowest BCUT2D eigenvalue weighted by molar-refractivity contribution is -0.399. The molecule has 9 aliphatic heterocycles. The van der Waals surface area contributed by atoms with Crippen LogP contribution < -0.4 is 10.6 Å². The predicted molar refractivity (Wildman–Crippen MR) is 370 cm³/mol. The van der Waals surface area contributed by atoms with Gasteiger partial charge >= 0.3 is 0 Å². The summed E-state index contributed by atoms with van der Waals surface area (Å²) in [6, 6.07) is -5.70. The topological polar surface area (TPSA) is 849 Å². The maximum absolute atomic E-state index is 11.6. The van der Waals surface area contributed by atoms with Crippen molar-refractivity contribution in [3.63, 3.8) is 0 Å². The lowest BCUT2D eigenvalue weighted by Crippen LogP contribution is -2.69. The maximum Gasteiger partial charge on any atom is 0.189 e. The summed E-state index contributed by atoms with van der Waals surface area (Å²) in [5, 5.41) is 365. The molecule has 9 fully saturated rings. The Morgan fingerprint density at radius 2 is 0.433 bits per heavy atom. The molecule has 696 valence electrons. The van der Waals surface area contributed by atoms with Crippen LogP contribution in [0.25, 0.3) is 0 Å². The van der Waals surface area contributed by atoms with E-state index in [0.717, 1.165) is 12.2 Å². The largest absolute Gasteiger partial charge is 0.394 e. The number of ether oxygens (including phenoxy) is 17. The van der Waals surface area contributed by atoms with Crippen molar-refractivity contribution in [2.24, 2.45) is 0 Å². The lowest BCUT2D eigenvalue weighted by atomic mass is 9.86. The highest BCUT2D eigenvalue weighted by Gasteiger charge is 2.61. The van der Waals surface area contributed by atoms with Gasteiger partial charge in [-0.05, 0) is 25.0 Å². The van der Waals surface area contributed by atoms with Crippen LogP contribution in [0.2, 0.25) is 0 Å². The van der Waals surface area contributed by atoms with Gasteiger partial charge in [-0.1, -0.05) is 12.2 Å². The van der Waals surface area contributed by atoms with Gasteiger partial charge in [0.25, 0.3) is 0 Å². The van der Waals surface area contributed by atoms with Gasteiger partial charge in [-0.2, -0.15) is 0 Å². The Morgan fingerprint density at radius 3 is 0.675 bits per heavy atom. The minimum absolute atomic E-state index is 0.194. The Kier molecular flexibility index (Phi) is 34.2. The van der Waals surface area contributed by atoms with Gasteiger partial charge in [0.15, 0.2) is 56.6 Å². The van der Waals surface area contributed by atoms with E-state index in [9.17, 15) is 169 Å². The molecule has 9 saturated heterocycles. The van der Waals surface area contributed by atoms with E-state index in [2.05, 4.69) is 10.6 Å². The predicted octanol–water partition coefficient (Wildman–Crippen LogP) is -22.6. The Morgan fingerprint density at radius 1 is 0.225 bits per heavy atom. The number of rotatable bonds is 29. The number of aliphatic hydroxyl groups is 33. The molecular weight excluding hydrogens is 1640 g/mol. The molecule has 0 aromatic heterocycles. The first-order valence-electron chi connectivity index (χ1n) is 38.8. The quantitative estimate of drug-likeness (QED) is 0.0309. The number of hydrogen-bond acceptors (Lipinski definition) is 52. The Bertz CT molecular complexity index is 3220. The van der Waals surface area contributed by atoms with E-state index in [4.69, 9.17) is 80.5 Å². The normalized spacial score (nSPS) is 53.1. The number of hydrogen-bond donors (Lipinski definition) is 35. The summed E-state index contributed by atoms with van der Waals surface area (Å²) in [4.78, 5) is 0. The first-order chi connectivity index (χ1) is 56.9. The first kappa shape index (κ1) is 98.0. The second-order valence-corrected chi connectivity index (χ2v) is 31.3. The fourth-order valence-electron chi connectivity index (χ4n) is 16.4. The smallest absolute Gasteiger partial charge is 0.189 e. The summed E-state index contributed by atoms with van der Waals surface area (Å²) in [5.41, 5.74) is -0.430. The van der Waals surface area contributed by atoms with Gasteiger partial charge in [0.05, 0.1) is 95.8 Å². The zero-order chi connectivity index (χ0) is 88.0. The molecule has 0 amide bonds. The minimum atomic E-state index is -2.23. The van der Waals surface area contributed by atoms with E-state index >= 15 is 0 Å². The van der Waals surface area contributed by atoms with E-state index in [-0.39, 0.29) is 11.1 Å². The van der Waals surface area contributed by atoms with E-state index < -0.39 is 384 Å². The zero-order valence-corrected chi connectivity index (χ0v) is 63.8. The molecule has 0 aromatic rings. The molecule has 0 saturated carbocycles. The van der Waals surface area contributed by atoms with Crippen molar-refractivity contribution in [3.8, 4) is 0 Å². The first-order valence-corrected chi connectivity index (χ1v) is 38.8. The van der Waals surface area contributed by atoms with E-state index in [0.29, 0.717) is 0 Å². The summed E-state index contributed by atoms with van der Waals surface area (Å²) in [5.74, 6) is 0. The summed E-state index contributed by atoms with van der Waals surface area (Å²) in [6.45, 7) is -6.05. The molecule has 11 aliphatic rings. The second-order valence-electron chi connectivity index (χ2n) is 31.3. The third kappa shape index (κ3) is 19.9. The summed E-state index contributed by atoms with van der Waals surface area (Å²) in [6.07, 6.45) is -91.2. The van der Waals surface area contributed by atoms with Gasteiger partial charge in [-0.15, -0.1) is 0 Å². The van der Waals surface area contributed by atoms with Gasteiger partial charge in [-0.25, -0.2) is 0 Å². The highest BCUT2D eigenvalue weighted by atomic mass is 16.8. The van der Waals surface area contributed by atoms with Crippen LogP contribution in [-0.2, 0) is 80.5 Å². The monoisotopic (exact) mass is 1760 g/mol. The Labute approximate surface area is 679 Å². The molecule has 0 radical (unpaired) electrons. The summed E-state index contributed by atoms with van der Waals surface area (Å²) >= 11 is 0. The Hall–Kier alpha value is -2.60.